The molecule has 2 aromatic carbocycles. The van der Waals surface area contributed by atoms with Crippen LogP contribution in [0.25, 0.3) is 0 Å². The normalized spacial score (nSPS) is 10.5. The molecule has 0 saturated carbocycles. The van der Waals surface area contributed by atoms with Crippen molar-refractivity contribution in [3.8, 4) is 5.75 Å². The Hall–Kier alpha value is -3.54. The molecule has 0 spiro atoms. The summed E-state index contributed by atoms with van der Waals surface area (Å²) in [5.41, 5.74) is 3.77. The van der Waals surface area contributed by atoms with E-state index in [1.54, 1.807) is 12.3 Å². The summed E-state index contributed by atoms with van der Waals surface area (Å²) in [5, 5.41) is 6.19. The third-order valence-corrected chi connectivity index (χ3v) is 4.16. The van der Waals surface area contributed by atoms with Crippen molar-refractivity contribution >= 4 is 28.7 Å². The lowest BCUT2D eigenvalue weighted by atomic mass is 10.2. The van der Waals surface area contributed by atoms with Crippen LogP contribution in [0.2, 0.25) is 0 Å². The van der Waals surface area contributed by atoms with E-state index in [2.05, 4.69) is 15.6 Å². The Labute approximate surface area is 171 Å². The highest BCUT2D eigenvalue weighted by molar-refractivity contribution is 6.04. The van der Waals surface area contributed by atoms with Crippen LogP contribution in [0.5, 0.6) is 5.75 Å². The number of nitrogens with zero attached hydrogens (tertiary/aromatic N) is 2. The Morgan fingerprint density at radius 2 is 1.72 bits per heavy atom. The highest BCUT2D eigenvalue weighted by Gasteiger charge is 2.12. The number of hydrogen-bond donors (Lipinski definition) is 2. The number of amides is 1. The molecule has 0 unspecified atom stereocenters. The largest absolute Gasteiger partial charge is 0.489 e. The quantitative estimate of drug-likeness (QED) is 0.599. The lowest BCUT2D eigenvalue weighted by Gasteiger charge is -2.15. The molecule has 0 aliphatic rings. The fourth-order valence-electron chi connectivity index (χ4n) is 2.76. The van der Waals surface area contributed by atoms with Gasteiger partial charge in [-0.05, 0) is 62.4 Å². The van der Waals surface area contributed by atoms with Crippen LogP contribution in [0.1, 0.15) is 24.3 Å². The third kappa shape index (κ3) is 5.48. The van der Waals surface area contributed by atoms with Gasteiger partial charge in [-0.1, -0.05) is 12.1 Å². The monoisotopic (exact) mass is 390 g/mol. The number of carbonyl (C=O) groups excluding carboxylic acids is 1. The maximum Gasteiger partial charge on any atom is 0.274 e. The second-order valence-corrected chi connectivity index (χ2v) is 7.11. The molecule has 1 heterocycles. The topological polar surface area (TPSA) is 66.5 Å². The van der Waals surface area contributed by atoms with E-state index < -0.39 is 0 Å². The molecule has 6 heteroatoms. The molecular formula is C23H26N4O2. The molecule has 6 nitrogen and oxygen atoms in total. The van der Waals surface area contributed by atoms with Gasteiger partial charge in [0.25, 0.3) is 5.91 Å². The van der Waals surface area contributed by atoms with Gasteiger partial charge < -0.3 is 20.3 Å². The first kappa shape index (κ1) is 20.2. The summed E-state index contributed by atoms with van der Waals surface area (Å²) < 4.78 is 5.76. The fourth-order valence-corrected chi connectivity index (χ4v) is 2.76. The van der Waals surface area contributed by atoms with Gasteiger partial charge in [-0.25, -0.2) is 0 Å². The van der Waals surface area contributed by atoms with Gasteiger partial charge in [-0.3, -0.25) is 9.78 Å². The molecule has 0 fully saturated rings. The summed E-state index contributed by atoms with van der Waals surface area (Å²) in [6.07, 6.45) is 1.62. The second-order valence-electron chi connectivity index (χ2n) is 7.11. The Morgan fingerprint density at radius 1 is 1.00 bits per heavy atom. The van der Waals surface area contributed by atoms with Crippen LogP contribution in [-0.2, 0) is 0 Å². The van der Waals surface area contributed by atoms with Crippen molar-refractivity contribution in [3.05, 3.63) is 72.6 Å². The third-order valence-electron chi connectivity index (χ3n) is 4.16. The minimum atomic E-state index is -0.295. The molecule has 1 aromatic heterocycles. The first-order valence-corrected chi connectivity index (χ1v) is 9.50. The maximum absolute atomic E-state index is 12.7. The minimum absolute atomic E-state index is 0.0117. The van der Waals surface area contributed by atoms with E-state index >= 15 is 0 Å². The molecule has 0 aliphatic heterocycles. The minimum Gasteiger partial charge on any atom is -0.489 e. The summed E-state index contributed by atoms with van der Waals surface area (Å²) in [4.78, 5) is 19.0. The first-order valence-electron chi connectivity index (χ1n) is 9.50. The predicted molar refractivity (Wildman–Crippen MR) is 118 cm³/mol. The van der Waals surface area contributed by atoms with Crippen LogP contribution >= 0.6 is 0 Å². The Bertz CT molecular complexity index is 969. The Kier molecular flexibility index (Phi) is 6.34. The summed E-state index contributed by atoms with van der Waals surface area (Å²) in [5.74, 6) is 0.336. The van der Waals surface area contributed by atoms with Gasteiger partial charge in [0.1, 0.15) is 11.4 Å². The number of pyridine rings is 1. The van der Waals surface area contributed by atoms with Gasteiger partial charge in [0.15, 0.2) is 0 Å². The van der Waals surface area contributed by atoms with Gasteiger partial charge in [0, 0.05) is 37.4 Å². The van der Waals surface area contributed by atoms with Crippen molar-refractivity contribution in [2.45, 2.75) is 20.0 Å². The summed E-state index contributed by atoms with van der Waals surface area (Å²) in [7, 11) is 4.00. The average Bonchev–Trinajstić information content (AvgIpc) is 2.69. The number of carbonyl (C=O) groups is 1. The van der Waals surface area contributed by atoms with E-state index in [4.69, 9.17) is 4.74 Å². The van der Waals surface area contributed by atoms with Crippen molar-refractivity contribution < 1.29 is 9.53 Å². The van der Waals surface area contributed by atoms with Gasteiger partial charge in [0.05, 0.1) is 11.8 Å². The lowest BCUT2D eigenvalue weighted by Crippen LogP contribution is -2.15. The predicted octanol–water partition coefficient (Wildman–Crippen LogP) is 4.93. The fraction of sp³-hybridized carbons (Fsp3) is 0.217. The number of hydrogen-bond acceptors (Lipinski definition) is 5. The van der Waals surface area contributed by atoms with Crippen molar-refractivity contribution in [2.24, 2.45) is 0 Å². The molecule has 0 radical (unpaired) electrons. The average molecular weight is 390 g/mol. The molecule has 0 bridgehead atoms. The molecule has 0 atom stereocenters. The first-order chi connectivity index (χ1) is 13.9. The van der Waals surface area contributed by atoms with Gasteiger partial charge in [-0.15, -0.1) is 0 Å². The number of aromatic nitrogens is 1. The van der Waals surface area contributed by atoms with E-state index in [9.17, 15) is 4.79 Å². The number of ether oxygens (including phenoxy) is 1. The van der Waals surface area contributed by atoms with Crippen molar-refractivity contribution in [1.29, 1.82) is 0 Å². The van der Waals surface area contributed by atoms with Crippen LogP contribution in [0, 0.1) is 0 Å². The molecule has 150 valence electrons. The highest BCUT2D eigenvalue weighted by Crippen LogP contribution is 2.26. The second kappa shape index (κ2) is 9.10. The summed E-state index contributed by atoms with van der Waals surface area (Å²) in [6, 6.07) is 19.0. The zero-order chi connectivity index (χ0) is 20.8. The molecule has 2 N–H and O–H groups in total. The zero-order valence-electron chi connectivity index (χ0n) is 17.1. The Balaban J connectivity index is 1.73. The summed E-state index contributed by atoms with van der Waals surface area (Å²) >= 11 is 0. The van der Waals surface area contributed by atoms with Crippen molar-refractivity contribution in [2.75, 3.05) is 29.6 Å². The standard InChI is InChI=1S/C23H26N4O2/c1-16(2)29-22-8-6-5-7-20(22)26-23(28)21-15-18(13-14-24-21)25-17-9-11-19(12-10-17)27(3)4/h5-16H,1-4H3,(H,24,25)(H,26,28). The molecular weight excluding hydrogens is 364 g/mol. The van der Waals surface area contributed by atoms with E-state index in [1.165, 1.54) is 0 Å². The molecule has 3 aromatic rings. The van der Waals surface area contributed by atoms with Crippen LogP contribution in [0.3, 0.4) is 0 Å². The Morgan fingerprint density at radius 3 is 2.41 bits per heavy atom. The smallest absolute Gasteiger partial charge is 0.274 e. The van der Waals surface area contributed by atoms with Gasteiger partial charge in [-0.2, -0.15) is 0 Å². The molecule has 3 rings (SSSR count). The van der Waals surface area contributed by atoms with Crippen LogP contribution in [-0.4, -0.2) is 31.1 Å². The van der Waals surface area contributed by atoms with Crippen LogP contribution in [0.4, 0.5) is 22.7 Å². The number of rotatable bonds is 7. The maximum atomic E-state index is 12.7. The van der Waals surface area contributed by atoms with Gasteiger partial charge >= 0.3 is 0 Å². The highest BCUT2D eigenvalue weighted by atomic mass is 16.5. The van der Waals surface area contributed by atoms with E-state index in [0.717, 1.165) is 17.1 Å². The van der Waals surface area contributed by atoms with E-state index in [1.807, 2.05) is 87.4 Å². The van der Waals surface area contributed by atoms with Crippen molar-refractivity contribution in [3.63, 3.8) is 0 Å². The van der Waals surface area contributed by atoms with E-state index in [-0.39, 0.29) is 12.0 Å². The number of para-hydroxylation sites is 2. The van der Waals surface area contributed by atoms with E-state index in [0.29, 0.717) is 17.1 Å². The number of anilines is 4. The molecule has 29 heavy (non-hydrogen) atoms. The number of nitrogens with one attached hydrogen (secondary N) is 2. The van der Waals surface area contributed by atoms with Crippen molar-refractivity contribution in [1.82, 2.24) is 4.98 Å². The van der Waals surface area contributed by atoms with Crippen LogP contribution < -0.4 is 20.3 Å². The van der Waals surface area contributed by atoms with Gasteiger partial charge in [0.2, 0.25) is 0 Å². The van der Waals surface area contributed by atoms with Crippen LogP contribution in [0.15, 0.2) is 66.9 Å². The molecule has 0 saturated heterocycles. The number of benzene rings is 2. The molecule has 0 aliphatic carbocycles. The molecule has 1 amide bonds. The summed E-state index contributed by atoms with van der Waals surface area (Å²) in [6.45, 7) is 3.89. The lowest BCUT2D eigenvalue weighted by molar-refractivity contribution is 0.102. The SMILES string of the molecule is CC(C)Oc1ccccc1NC(=O)c1cc(Nc2ccc(N(C)C)cc2)ccn1. The zero-order valence-corrected chi connectivity index (χ0v) is 17.1.